The van der Waals surface area contributed by atoms with Crippen LogP contribution in [0.2, 0.25) is 0 Å². The zero-order chi connectivity index (χ0) is 15.9. The molecule has 0 aromatic heterocycles. The summed E-state index contributed by atoms with van der Waals surface area (Å²) >= 11 is 0. The molecule has 0 bridgehead atoms. The molecule has 0 fully saturated rings. The quantitative estimate of drug-likeness (QED) is 0.633. The van der Waals surface area contributed by atoms with E-state index < -0.39 is 17.6 Å². The molecule has 21 heavy (non-hydrogen) atoms. The van der Waals surface area contributed by atoms with Crippen molar-refractivity contribution < 1.29 is 18.0 Å². The summed E-state index contributed by atoms with van der Waals surface area (Å²) in [6.07, 6.45) is -1.98. The number of carbonyl (C=O) groups excluding carboxylic acids is 1. The Morgan fingerprint density at radius 1 is 1.14 bits per heavy atom. The Morgan fingerprint density at radius 2 is 1.67 bits per heavy atom. The minimum Gasteiger partial charge on any atom is -0.313 e. The van der Waals surface area contributed by atoms with Crippen LogP contribution in [0, 0.1) is 22.7 Å². The number of hydrogen-bond donors (Lipinski definition) is 0. The van der Waals surface area contributed by atoms with Crippen LogP contribution < -0.4 is 0 Å². The second kappa shape index (κ2) is 7.11. The van der Waals surface area contributed by atoms with Crippen molar-refractivity contribution in [1.29, 1.82) is 10.5 Å². The van der Waals surface area contributed by atoms with Crippen molar-refractivity contribution in [2.45, 2.75) is 6.18 Å². The molecular weight excluding hydrogens is 283 g/mol. The Morgan fingerprint density at radius 3 is 2.10 bits per heavy atom. The first-order valence-electron chi connectivity index (χ1n) is 5.76. The first-order chi connectivity index (χ1) is 9.88. The van der Waals surface area contributed by atoms with Crippen LogP contribution in [0.25, 0.3) is 6.08 Å². The SMILES string of the molecule is N#CCN(CC#N)C(=O)/C=C/c1ccc(C(F)(F)F)cc1. The largest absolute Gasteiger partial charge is 0.416 e. The number of rotatable bonds is 4. The van der Waals surface area contributed by atoms with E-state index in [0.29, 0.717) is 5.56 Å². The number of carbonyl (C=O) groups is 1. The van der Waals surface area contributed by atoms with Gasteiger partial charge in [-0.3, -0.25) is 4.79 Å². The van der Waals surface area contributed by atoms with Crippen LogP contribution in [-0.2, 0) is 11.0 Å². The molecule has 1 rings (SSSR count). The molecule has 0 heterocycles. The zero-order valence-electron chi connectivity index (χ0n) is 10.8. The van der Waals surface area contributed by atoms with Crippen LogP contribution >= 0.6 is 0 Å². The smallest absolute Gasteiger partial charge is 0.313 e. The summed E-state index contributed by atoms with van der Waals surface area (Å²) in [7, 11) is 0. The summed E-state index contributed by atoms with van der Waals surface area (Å²) in [4.78, 5) is 12.7. The highest BCUT2D eigenvalue weighted by Crippen LogP contribution is 2.29. The van der Waals surface area contributed by atoms with E-state index in [1.807, 2.05) is 0 Å². The standard InChI is InChI=1S/C14H10F3N3O/c15-14(16,17)12-4-1-11(2-5-12)3-6-13(21)20(9-7-18)10-8-19/h1-6H,9-10H2/b6-3+. The maximum atomic E-state index is 12.4. The van der Waals surface area contributed by atoms with E-state index >= 15 is 0 Å². The molecule has 0 aliphatic carbocycles. The molecule has 0 aliphatic heterocycles. The minimum atomic E-state index is -4.41. The lowest BCUT2D eigenvalue weighted by Gasteiger charge is -2.12. The van der Waals surface area contributed by atoms with Crippen LogP contribution in [0.15, 0.2) is 30.3 Å². The fourth-order valence-corrected chi connectivity index (χ4v) is 1.44. The summed E-state index contributed by atoms with van der Waals surface area (Å²) in [6.45, 7) is -0.465. The highest BCUT2D eigenvalue weighted by Gasteiger charge is 2.29. The number of nitrogens with zero attached hydrogens (tertiary/aromatic N) is 3. The first kappa shape index (κ1) is 16.3. The average molecular weight is 293 g/mol. The number of alkyl halides is 3. The number of amides is 1. The van der Waals surface area contributed by atoms with Gasteiger partial charge < -0.3 is 4.90 Å². The van der Waals surface area contributed by atoms with E-state index in [2.05, 4.69) is 0 Å². The molecule has 0 saturated heterocycles. The van der Waals surface area contributed by atoms with E-state index in [1.165, 1.54) is 18.2 Å². The fraction of sp³-hybridized carbons (Fsp3) is 0.214. The lowest BCUT2D eigenvalue weighted by Crippen LogP contribution is -2.30. The number of benzene rings is 1. The van der Waals surface area contributed by atoms with Crippen molar-refractivity contribution in [3.05, 3.63) is 41.5 Å². The Balaban J connectivity index is 2.79. The Kier molecular flexibility index (Phi) is 5.50. The molecule has 0 radical (unpaired) electrons. The second-order valence-electron chi connectivity index (χ2n) is 3.96. The van der Waals surface area contributed by atoms with Crippen LogP contribution in [0.5, 0.6) is 0 Å². The van der Waals surface area contributed by atoms with Crippen LogP contribution in [0.1, 0.15) is 11.1 Å². The topological polar surface area (TPSA) is 67.9 Å². The zero-order valence-corrected chi connectivity index (χ0v) is 10.8. The normalized spacial score (nSPS) is 10.9. The number of hydrogen-bond acceptors (Lipinski definition) is 3. The Bertz CT molecular complexity index is 590. The van der Waals surface area contributed by atoms with Crippen molar-refractivity contribution in [2.24, 2.45) is 0 Å². The van der Waals surface area contributed by atoms with E-state index in [-0.39, 0.29) is 13.1 Å². The van der Waals surface area contributed by atoms with Gasteiger partial charge in [-0.25, -0.2) is 0 Å². The van der Waals surface area contributed by atoms with Gasteiger partial charge in [-0.2, -0.15) is 23.7 Å². The van der Waals surface area contributed by atoms with Gasteiger partial charge in [-0.15, -0.1) is 0 Å². The van der Waals surface area contributed by atoms with Gasteiger partial charge in [-0.05, 0) is 23.8 Å². The van der Waals surface area contributed by atoms with Gasteiger partial charge in [0.25, 0.3) is 0 Å². The van der Waals surface area contributed by atoms with Crippen LogP contribution in [0.4, 0.5) is 13.2 Å². The molecule has 0 saturated carbocycles. The predicted molar refractivity (Wildman–Crippen MR) is 68.3 cm³/mol. The van der Waals surface area contributed by atoms with Crippen molar-refractivity contribution in [3.63, 3.8) is 0 Å². The van der Waals surface area contributed by atoms with Gasteiger partial charge in [-0.1, -0.05) is 12.1 Å². The van der Waals surface area contributed by atoms with Crippen LogP contribution in [-0.4, -0.2) is 23.9 Å². The predicted octanol–water partition coefficient (Wildman–Crippen LogP) is 2.59. The fourth-order valence-electron chi connectivity index (χ4n) is 1.44. The highest BCUT2D eigenvalue weighted by molar-refractivity contribution is 5.92. The molecule has 1 amide bonds. The van der Waals surface area contributed by atoms with Crippen molar-refractivity contribution >= 4 is 12.0 Å². The number of nitriles is 2. The van der Waals surface area contributed by atoms with E-state index in [1.54, 1.807) is 12.1 Å². The summed E-state index contributed by atoms with van der Waals surface area (Å²) in [5, 5.41) is 17.0. The first-order valence-corrected chi connectivity index (χ1v) is 5.76. The van der Waals surface area contributed by atoms with Gasteiger partial charge in [0.05, 0.1) is 17.7 Å². The van der Waals surface area contributed by atoms with Crippen molar-refractivity contribution in [2.75, 3.05) is 13.1 Å². The molecule has 0 atom stereocenters. The average Bonchev–Trinajstić information content (AvgIpc) is 2.44. The molecule has 0 unspecified atom stereocenters. The summed E-state index contributed by atoms with van der Waals surface area (Å²) in [5.74, 6) is -0.557. The highest BCUT2D eigenvalue weighted by atomic mass is 19.4. The van der Waals surface area contributed by atoms with Gasteiger partial charge in [0, 0.05) is 6.08 Å². The molecule has 0 aliphatic rings. The van der Waals surface area contributed by atoms with Gasteiger partial charge in [0.2, 0.25) is 5.91 Å². The molecule has 4 nitrogen and oxygen atoms in total. The van der Waals surface area contributed by atoms with Crippen LogP contribution in [0.3, 0.4) is 0 Å². The maximum Gasteiger partial charge on any atom is 0.416 e. The van der Waals surface area contributed by atoms with Gasteiger partial charge in [0.1, 0.15) is 13.1 Å². The summed E-state index contributed by atoms with van der Waals surface area (Å²) in [5.41, 5.74) is -0.369. The Hall–Kier alpha value is -2.80. The third-order valence-electron chi connectivity index (χ3n) is 2.49. The molecule has 7 heteroatoms. The molecular formula is C14H10F3N3O. The third-order valence-corrected chi connectivity index (χ3v) is 2.49. The monoisotopic (exact) mass is 293 g/mol. The summed E-state index contributed by atoms with van der Waals surface area (Å²) < 4.78 is 37.1. The van der Waals surface area contributed by atoms with Gasteiger partial charge >= 0.3 is 6.18 Å². The van der Waals surface area contributed by atoms with Crippen molar-refractivity contribution in [3.8, 4) is 12.1 Å². The lowest BCUT2D eigenvalue weighted by atomic mass is 10.1. The minimum absolute atomic E-state index is 0.232. The van der Waals surface area contributed by atoms with E-state index in [0.717, 1.165) is 23.1 Å². The molecule has 108 valence electrons. The molecule has 0 N–H and O–H groups in total. The summed E-state index contributed by atoms with van der Waals surface area (Å²) in [6, 6.07) is 7.78. The third kappa shape index (κ3) is 5.00. The molecule has 0 spiro atoms. The maximum absolute atomic E-state index is 12.4. The Labute approximate surface area is 119 Å². The van der Waals surface area contributed by atoms with E-state index in [4.69, 9.17) is 10.5 Å². The molecule has 1 aromatic rings. The second-order valence-corrected chi connectivity index (χ2v) is 3.96. The number of halogens is 3. The van der Waals surface area contributed by atoms with Crippen molar-refractivity contribution in [1.82, 2.24) is 4.90 Å². The van der Waals surface area contributed by atoms with E-state index in [9.17, 15) is 18.0 Å². The lowest BCUT2D eigenvalue weighted by molar-refractivity contribution is -0.137. The molecule has 1 aromatic carbocycles. The van der Waals surface area contributed by atoms with Gasteiger partial charge in [0.15, 0.2) is 0 Å².